The molecular weight excluding hydrogens is 320 g/mol. The molecule has 25 heavy (non-hydrogen) atoms. The molecule has 1 aliphatic rings. The molecule has 4 rings (SSSR count). The first-order chi connectivity index (χ1) is 12.1. The molecule has 1 saturated heterocycles. The van der Waals surface area contributed by atoms with Crippen molar-refractivity contribution < 1.29 is 9.53 Å². The molecule has 1 atom stereocenters. The van der Waals surface area contributed by atoms with Crippen molar-refractivity contribution in [3.63, 3.8) is 0 Å². The summed E-state index contributed by atoms with van der Waals surface area (Å²) in [4.78, 5) is 27.2. The monoisotopic (exact) mass is 338 g/mol. The lowest BCUT2D eigenvalue weighted by atomic mass is 10.3. The minimum Gasteiger partial charge on any atom is -0.472 e. The topological polar surface area (TPSA) is 85.5 Å². The van der Waals surface area contributed by atoms with E-state index in [1.54, 1.807) is 15.6 Å². The van der Waals surface area contributed by atoms with Gasteiger partial charge in [0, 0.05) is 36.6 Å². The van der Waals surface area contributed by atoms with Gasteiger partial charge in [0.1, 0.15) is 6.10 Å². The molecule has 1 aliphatic heterocycles. The number of amides is 1. The summed E-state index contributed by atoms with van der Waals surface area (Å²) in [7, 11) is 0. The van der Waals surface area contributed by atoms with Crippen LogP contribution in [0.25, 0.3) is 5.78 Å². The van der Waals surface area contributed by atoms with E-state index in [0.717, 1.165) is 17.8 Å². The van der Waals surface area contributed by atoms with E-state index in [1.165, 1.54) is 0 Å². The largest absolute Gasteiger partial charge is 0.472 e. The molecule has 0 N–H and O–H groups in total. The summed E-state index contributed by atoms with van der Waals surface area (Å²) < 4.78 is 7.42. The van der Waals surface area contributed by atoms with E-state index in [1.807, 2.05) is 38.1 Å². The number of carbonyl (C=O) groups is 1. The van der Waals surface area contributed by atoms with E-state index in [-0.39, 0.29) is 17.8 Å². The van der Waals surface area contributed by atoms with Gasteiger partial charge in [-0.25, -0.2) is 14.5 Å². The van der Waals surface area contributed by atoms with E-state index in [0.29, 0.717) is 24.7 Å². The van der Waals surface area contributed by atoms with Crippen LogP contribution >= 0.6 is 0 Å². The first-order valence-electron chi connectivity index (χ1n) is 8.18. The SMILES string of the molecule is Cc1cc(C)n2nc(C(=O)N3CCC(Oc4ccccn4)C3)nc2n1. The molecule has 8 nitrogen and oxygen atoms in total. The Kier molecular flexibility index (Phi) is 3.79. The smallest absolute Gasteiger partial charge is 0.293 e. The van der Waals surface area contributed by atoms with Crippen molar-refractivity contribution in [3.8, 4) is 5.88 Å². The van der Waals surface area contributed by atoms with E-state index in [4.69, 9.17) is 4.74 Å². The number of fused-ring (bicyclic) bond motifs is 1. The molecule has 4 heterocycles. The average molecular weight is 338 g/mol. The maximum atomic E-state index is 12.7. The second-order valence-corrected chi connectivity index (χ2v) is 6.13. The lowest BCUT2D eigenvalue weighted by Gasteiger charge is -2.15. The molecule has 0 saturated carbocycles. The van der Waals surface area contributed by atoms with E-state index in [9.17, 15) is 4.79 Å². The first-order valence-corrected chi connectivity index (χ1v) is 8.18. The molecule has 0 radical (unpaired) electrons. The van der Waals surface area contributed by atoms with Crippen LogP contribution in [-0.2, 0) is 0 Å². The van der Waals surface area contributed by atoms with E-state index >= 15 is 0 Å². The van der Waals surface area contributed by atoms with Crippen molar-refractivity contribution in [1.29, 1.82) is 0 Å². The van der Waals surface area contributed by atoms with Crippen LogP contribution in [0.1, 0.15) is 28.4 Å². The fourth-order valence-corrected chi connectivity index (χ4v) is 2.99. The third kappa shape index (κ3) is 3.02. The normalized spacial score (nSPS) is 17.2. The van der Waals surface area contributed by atoms with Gasteiger partial charge in [0.25, 0.3) is 11.7 Å². The number of nitrogens with zero attached hydrogens (tertiary/aromatic N) is 6. The molecule has 1 amide bonds. The van der Waals surface area contributed by atoms with Crippen LogP contribution in [0, 0.1) is 13.8 Å². The minimum absolute atomic E-state index is 0.0713. The van der Waals surface area contributed by atoms with Crippen molar-refractivity contribution in [3.05, 3.63) is 47.7 Å². The summed E-state index contributed by atoms with van der Waals surface area (Å²) in [6.45, 7) is 4.91. The van der Waals surface area contributed by atoms with Crippen LogP contribution in [0.5, 0.6) is 5.88 Å². The number of pyridine rings is 1. The molecule has 0 bridgehead atoms. The Morgan fingerprint density at radius 2 is 2.16 bits per heavy atom. The van der Waals surface area contributed by atoms with Crippen molar-refractivity contribution in [2.45, 2.75) is 26.4 Å². The number of aromatic nitrogens is 5. The number of hydrogen-bond acceptors (Lipinski definition) is 6. The van der Waals surface area contributed by atoms with Crippen LogP contribution < -0.4 is 4.74 Å². The molecule has 0 aromatic carbocycles. The van der Waals surface area contributed by atoms with Crippen LogP contribution in [-0.4, -0.2) is 54.6 Å². The highest BCUT2D eigenvalue weighted by molar-refractivity contribution is 5.91. The van der Waals surface area contributed by atoms with Gasteiger partial charge in [0.2, 0.25) is 11.7 Å². The number of rotatable bonds is 3. The number of carbonyl (C=O) groups excluding carboxylic acids is 1. The fraction of sp³-hybridized carbons (Fsp3) is 0.353. The molecule has 0 aliphatic carbocycles. The van der Waals surface area contributed by atoms with Gasteiger partial charge >= 0.3 is 0 Å². The highest BCUT2D eigenvalue weighted by atomic mass is 16.5. The van der Waals surface area contributed by atoms with Gasteiger partial charge in [-0.1, -0.05) is 6.07 Å². The maximum absolute atomic E-state index is 12.7. The van der Waals surface area contributed by atoms with Crippen LogP contribution in [0.15, 0.2) is 30.5 Å². The van der Waals surface area contributed by atoms with Crippen molar-refractivity contribution in [1.82, 2.24) is 29.5 Å². The van der Waals surface area contributed by atoms with Crippen molar-refractivity contribution in [2.24, 2.45) is 0 Å². The summed E-state index contributed by atoms with van der Waals surface area (Å²) >= 11 is 0. The highest BCUT2D eigenvalue weighted by Gasteiger charge is 2.30. The molecule has 1 unspecified atom stereocenters. The summed E-state index contributed by atoms with van der Waals surface area (Å²) in [6.07, 6.45) is 2.37. The third-order valence-corrected chi connectivity index (χ3v) is 4.17. The van der Waals surface area contributed by atoms with Crippen LogP contribution in [0.2, 0.25) is 0 Å². The minimum atomic E-state index is -0.199. The van der Waals surface area contributed by atoms with Crippen molar-refractivity contribution >= 4 is 11.7 Å². The van der Waals surface area contributed by atoms with Crippen LogP contribution in [0.3, 0.4) is 0 Å². The van der Waals surface area contributed by atoms with Gasteiger partial charge in [-0.15, -0.1) is 5.10 Å². The van der Waals surface area contributed by atoms with Gasteiger partial charge in [-0.3, -0.25) is 4.79 Å². The Balaban J connectivity index is 1.49. The number of likely N-dealkylation sites (tertiary alicyclic amines) is 1. The number of aryl methyl sites for hydroxylation is 2. The van der Waals surface area contributed by atoms with E-state index in [2.05, 4.69) is 20.1 Å². The molecular formula is C17H18N6O2. The quantitative estimate of drug-likeness (QED) is 0.718. The van der Waals surface area contributed by atoms with Crippen molar-refractivity contribution in [2.75, 3.05) is 13.1 Å². The second kappa shape index (κ2) is 6.12. The predicted octanol–water partition coefficient (Wildman–Crippen LogP) is 1.43. The second-order valence-electron chi connectivity index (χ2n) is 6.13. The van der Waals surface area contributed by atoms with E-state index < -0.39 is 0 Å². The maximum Gasteiger partial charge on any atom is 0.293 e. The van der Waals surface area contributed by atoms with Gasteiger partial charge in [-0.2, -0.15) is 4.98 Å². The van der Waals surface area contributed by atoms with Gasteiger partial charge in [0.15, 0.2) is 0 Å². The Labute approximate surface area is 144 Å². The summed E-state index contributed by atoms with van der Waals surface area (Å²) in [6, 6.07) is 7.43. The van der Waals surface area contributed by atoms with Gasteiger partial charge in [-0.05, 0) is 26.0 Å². The molecule has 128 valence electrons. The zero-order chi connectivity index (χ0) is 17.4. The molecule has 8 heteroatoms. The first kappa shape index (κ1) is 15.5. The van der Waals surface area contributed by atoms with Crippen LogP contribution in [0.4, 0.5) is 0 Å². The molecule has 3 aromatic rings. The lowest BCUT2D eigenvalue weighted by Crippen LogP contribution is -2.31. The fourth-order valence-electron chi connectivity index (χ4n) is 2.99. The molecule has 3 aromatic heterocycles. The Hall–Kier alpha value is -3.03. The average Bonchev–Trinajstić information content (AvgIpc) is 3.22. The Bertz CT molecular complexity index is 924. The zero-order valence-electron chi connectivity index (χ0n) is 14.1. The Morgan fingerprint density at radius 3 is 2.96 bits per heavy atom. The standard InChI is InChI=1S/C17H18N6O2/c1-11-9-12(2)23-17(19-11)20-15(21-23)16(24)22-8-6-13(10-22)25-14-5-3-4-7-18-14/h3-5,7,9,13H,6,8,10H2,1-2H3. The number of hydrogen-bond donors (Lipinski definition) is 0. The summed E-state index contributed by atoms with van der Waals surface area (Å²) in [5.74, 6) is 0.985. The highest BCUT2D eigenvalue weighted by Crippen LogP contribution is 2.18. The zero-order valence-corrected chi connectivity index (χ0v) is 14.1. The van der Waals surface area contributed by atoms with Gasteiger partial charge in [0.05, 0.1) is 6.54 Å². The molecule has 0 spiro atoms. The summed E-state index contributed by atoms with van der Waals surface area (Å²) in [5.41, 5.74) is 1.74. The predicted molar refractivity (Wildman–Crippen MR) is 89.4 cm³/mol. The lowest BCUT2D eigenvalue weighted by molar-refractivity contribution is 0.0759. The number of ether oxygens (including phenoxy) is 1. The summed E-state index contributed by atoms with van der Waals surface area (Å²) in [5, 5.41) is 4.31. The van der Waals surface area contributed by atoms with Gasteiger partial charge < -0.3 is 9.64 Å². The Morgan fingerprint density at radius 1 is 1.28 bits per heavy atom. The molecule has 1 fully saturated rings. The third-order valence-electron chi connectivity index (χ3n) is 4.17.